The number of Topliss-reactive ketones (excluding diaryl/α,β-unsaturated/α-hetero) is 1. The maximum atomic E-state index is 12.2. The molecule has 2 rings (SSSR count). The maximum absolute atomic E-state index is 12.2. The number of carbonyl (C=O) groups excluding carboxylic acids is 1. The zero-order valence-corrected chi connectivity index (χ0v) is 12.0. The van der Waals surface area contributed by atoms with Crippen molar-refractivity contribution < 1.29 is 19.0 Å². The van der Waals surface area contributed by atoms with E-state index >= 15 is 0 Å². The first-order valence-electron chi connectivity index (χ1n) is 7.21. The lowest BCUT2D eigenvalue weighted by molar-refractivity contribution is 0.0216. The highest BCUT2D eigenvalue weighted by Gasteiger charge is 2.16. The van der Waals surface area contributed by atoms with Crippen LogP contribution >= 0.6 is 0 Å². The standard InChI is InChI=1S/C16H22O4/c1-2-20-16-6-4-3-5-14(16)15(17)12-19-11-13-7-9-18-10-8-13/h3-6,13H,2,7-12H2,1H3. The molecule has 0 amide bonds. The second-order valence-electron chi connectivity index (χ2n) is 4.92. The van der Waals surface area contributed by atoms with Crippen molar-refractivity contribution >= 4 is 5.78 Å². The van der Waals surface area contributed by atoms with Gasteiger partial charge in [0.15, 0.2) is 5.78 Å². The summed E-state index contributed by atoms with van der Waals surface area (Å²) in [6.07, 6.45) is 2.04. The summed E-state index contributed by atoms with van der Waals surface area (Å²) in [6, 6.07) is 7.30. The molecule has 0 aliphatic carbocycles. The second-order valence-corrected chi connectivity index (χ2v) is 4.92. The van der Waals surface area contributed by atoms with Crippen LogP contribution < -0.4 is 4.74 Å². The normalized spacial score (nSPS) is 16.1. The number of rotatable bonds is 7. The van der Waals surface area contributed by atoms with E-state index in [2.05, 4.69) is 0 Å². The van der Waals surface area contributed by atoms with Crippen molar-refractivity contribution in [3.05, 3.63) is 29.8 Å². The fourth-order valence-corrected chi connectivity index (χ4v) is 2.29. The zero-order valence-electron chi connectivity index (χ0n) is 12.0. The molecule has 4 nitrogen and oxygen atoms in total. The fourth-order valence-electron chi connectivity index (χ4n) is 2.29. The van der Waals surface area contributed by atoms with Gasteiger partial charge in [-0.15, -0.1) is 0 Å². The van der Waals surface area contributed by atoms with Crippen molar-refractivity contribution in [3.8, 4) is 5.75 Å². The molecule has 20 heavy (non-hydrogen) atoms. The van der Waals surface area contributed by atoms with Crippen LogP contribution in [0.3, 0.4) is 0 Å². The van der Waals surface area contributed by atoms with Crippen LogP contribution in [-0.4, -0.2) is 38.8 Å². The molecule has 1 aliphatic heterocycles. The third kappa shape index (κ3) is 4.32. The van der Waals surface area contributed by atoms with Gasteiger partial charge in [-0.2, -0.15) is 0 Å². The summed E-state index contributed by atoms with van der Waals surface area (Å²) in [5.41, 5.74) is 0.598. The maximum Gasteiger partial charge on any atom is 0.192 e. The highest BCUT2D eigenvalue weighted by Crippen LogP contribution is 2.19. The van der Waals surface area contributed by atoms with Gasteiger partial charge in [0.2, 0.25) is 0 Å². The second kappa shape index (κ2) is 8.02. The molecule has 0 aromatic heterocycles. The summed E-state index contributed by atoms with van der Waals surface area (Å²) in [6.45, 7) is 4.80. The van der Waals surface area contributed by atoms with Crippen LogP contribution in [0.25, 0.3) is 0 Å². The van der Waals surface area contributed by atoms with E-state index < -0.39 is 0 Å². The molecule has 1 aromatic carbocycles. The lowest BCUT2D eigenvalue weighted by atomic mass is 10.0. The van der Waals surface area contributed by atoms with Crippen LogP contribution in [0.2, 0.25) is 0 Å². The minimum absolute atomic E-state index is 0.0268. The first-order valence-corrected chi connectivity index (χ1v) is 7.21. The Hall–Kier alpha value is -1.39. The molecule has 0 N–H and O–H groups in total. The number of hydrogen-bond donors (Lipinski definition) is 0. The third-order valence-electron chi connectivity index (χ3n) is 3.41. The average Bonchev–Trinajstić information content (AvgIpc) is 2.49. The van der Waals surface area contributed by atoms with E-state index in [1.807, 2.05) is 25.1 Å². The van der Waals surface area contributed by atoms with Gasteiger partial charge in [0, 0.05) is 13.2 Å². The summed E-state index contributed by atoms with van der Waals surface area (Å²) in [5, 5.41) is 0. The molecule has 1 saturated heterocycles. The van der Waals surface area contributed by atoms with Gasteiger partial charge >= 0.3 is 0 Å². The summed E-state index contributed by atoms with van der Waals surface area (Å²) in [7, 11) is 0. The Bertz CT molecular complexity index is 424. The Kier molecular flexibility index (Phi) is 6.02. The molecule has 1 heterocycles. The van der Waals surface area contributed by atoms with Crippen LogP contribution in [0.4, 0.5) is 0 Å². The molecule has 0 radical (unpaired) electrons. The van der Waals surface area contributed by atoms with Crippen molar-refractivity contribution in [1.29, 1.82) is 0 Å². The van der Waals surface area contributed by atoms with Crippen molar-refractivity contribution in [2.45, 2.75) is 19.8 Å². The van der Waals surface area contributed by atoms with E-state index in [1.165, 1.54) is 0 Å². The zero-order chi connectivity index (χ0) is 14.2. The number of benzene rings is 1. The van der Waals surface area contributed by atoms with E-state index in [0.717, 1.165) is 26.1 Å². The van der Waals surface area contributed by atoms with Gasteiger partial charge < -0.3 is 14.2 Å². The average molecular weight is 278 g/mol. The Morgan fingerprint density at radius 2 is 2.05 bits per heavy atom. The molecule has 0 spiro atoms. The molecule has 0 bridgehead atoms. The molecule has 0 saturated carbocycles. The largest absolute Gasteiger partial charge is 0.493 e. The quantitative estimate of drug-likeness (QED) is 0.719. The predicted molar refractivity (Wildman–Crippen MR) is 76.3 cm³/mol. The SMILES string of the molecule is CCOc1ccccc1C(=O)COCC1CCOCC1. The van der Waals surface area contributed by atoms with Crippen LogP contribution in [0, 0.1) is 5.92 Å². The monoisotopic (exact) mass is 278 g/mol. The highest BCUT2D eigenvalue weighted by atomic mass is 16.5. The van der Waals surface area contributed by atoms with Gasteiger partial charge in [-0.3, -0.25) is 4.79 Å². The predicted octanol–water partition coefficient (Wildman–Crippen LogP) is 2.71. The topological polar surface area (TPSA) is 44.8 Å². The van der Waals surface area contributed by atoms with Crippen molar-refractivity contribution in [2.24, 2.45) is 5.92 Å². The molecule has 0 unspecified atom stereocenters. The minimum Gasteiger partial charge on any atom is -0.493 e. The summed E-state index contributed by atoms with van der Waals surface area (Å²) in [5.74, 6) is 1.12. The summed E-state index contributed by atoms with van der Waals surface area (Å²) in [4.78, 5) is 12.2. The van der Waals surface area contributed by atoms with Crippen LogP contribution in [-0.2, 0) is 9.47 Å². The van der Waals surface area contributed by atoms with Crippen molar-refractivity contribution in [1.82, 2.24) is 0 Å². The molecule has 110 valence electrons. The lowest BCUT2D eigenvalue weighted by Crippen LogP contribution is -2.22. The molecular weight excluding hydrogens is 256 g/mol. The first kappa shape index (κ1) is 15.0. The Morgan fingerprint density at radius 3 is 2.80 bits per heavy atom. The van der Waals surface area contributed by atoms with E-state index in [9.17, 15) is 4.79 Å². The van der Waals surface area contributed by atoms with E-state index in [-0.39, 0.29) is 12.4 Å². The Morgan fingerprint density at radius 1 is 1.30 bits per heavy atom. The highest BCUT2D eigenvalue weighted by molar-refractivity contribution is 5.99. The molecule has 4 heteroatoms. The summed E-state index contributed by atoms with van der Waals surface area (Å²) < 4.78 is 16.3. The smallest absolute Gasteiger partial charge is 0.192 e. The van der Waals surface area contributed by atoms with Gasteiger partial charge in [-0.1, -0.05) is 12.1 Å². The number of para-hydroxylation sites is 1. The first-order chi connectivity index (χ1) is 9.81. The fraction of sp³-hybridized carbons (Fsp3) is 0.562. The number of ether oxygens (including phenoxy) is 3. The van der Waals surface area contributed by atoms with Gasteiger partial charge in [0.25, 0.3) is 0 Å². The molecular formula is C16H22O4. The van der Waals surface area contributed by atoms with Crippen LogP contribution in [0.1, 0.15) is 30.1 Å². The van der Waals surface area contributed by atoms with E-state index in [1.54, 1.807) is 6.07 Å². The molecule has 1 aromatic rings. The number of hydrogen-bond acceptors (Lipinski definition) is 4. The lowest BCUT2D eigenvalue weighted by Gasteiger charge is -2.21. The van der Waals surface area contributed by atoms with E-state index in [0.29, 0.717) is 30.4 Å². The Labute approximate surface area is 120 Å². The minimum atomic E-state index is -0.0268. The van der Waals surface area contributed by atoms with Crippen LogP contribution in [0.15, 0.2) is 24.3 Å². The summed E-state index contributed by atoms with van der Waals surface area (Å²) >= 11 is 0. The molecule has 1 fully saturated rings. The van der Waals surface area contributed by atoms with Crippen molar-refractivity contribution in [3.63, 3.8) is 0 Å². The van der Waals surface area contributed by atoms with Crippen LogP contribution in [0.5, 0.6) is 5.75 Å². The van der Waals surface area contributed by atoms with Crippen molar-refractivity contribution in [2.75, 3.05) is 33.0 Å². The van der Waals surface area contributed by atoms with Gasteiger partial charge in [-0.05, 0) is 37.8 Å². The number of carbonyl (C=O) groups is 1. The van der Waals surface area contributed by atoms with E-state index in [4.69, 9.17) is 14.2 Å². The van der Waals surface area contributed by atoms with Gasteiger partial charge in [0.05, 0.1) is 18.8 Å². The Balaban J connectivity index is 1.82. The number of ketones is 1. The molecule has 1 aliphatic rings. The third-order valence-corrected chi connectivity index (χ3v) is 3.41. The molecule has 0 atom stereocenters. The van der Waals surface area contributed by atoms with Gasteiger partial charge in [0.1, 0.15) is 12.4 Å². The van der Waals surface area contributed by atoms with Gasteiger partial charge in [-0.25, -0.2) is 0 Å².